The molecule has 2 amide bonds. The number of sulfonamides is 1. The van der Waals surface area contributed by atoms with E-state index in [1.165, 1.54) is 60.7 Å². The Hall–Kier alpha value is -4.00. The highest BCUT2D eigenvalue weighted by Crippen LogP contribution is 2.31. The van der Waals surface area contributed by atoms with Crippen LogP contribution in [0.3, 0.4) is 0 Å². The first-order valence-corrected chi connectivity index (χ1v) is 13.3. The number of rotatable bonds is 9. The van der Waals surface area contributed by atoms with E-state index in [2.05, 4.69) is 20.2 Å². The van der Waals surface area contributed by atoms with Gasteiger partial charge in [-0.25, -0.2) is 18.1 Å². The van der Waals surface area contributed by atoms with Gasteiger partial charge in [-0.1, -0.05) is 36.2 Å². The number of halogens is 2. The largest absolute Gasteiger partial charge is 0.462 e. The lowest BCUT2D eigenvalue weighted by atomic mass is 10.2. The van der Waals surface area contributed by atoms with Crippen LogP contribution in [0, 0.1) is 0 Å². The number of anilines is 3. The minimum atomic E-state index is -3.99. The molecule has 0 aliphatic carbocycles. The van der Waals surface area contributed by atoms with Gasteiger partial charge < -0.3 is 10.1 Å². The maximum Gasteiger partial charge on any atom is 0.338 e. The minimum absolute atomic E-state index is 0.0219. The lowest BCUT2D eigenvalue weighted by Gasteiger charge is -2.16. The fourth-order valence-corrected chi connectivity index (χ4v) is 4.63. The van der Waals surface area contributed by atoms with E-state index < -0.39 is 27.8 Å². The van der Waals surface area contributed by atoms with Crippen LogP contribution in [0.15, 0.2) is 76.3 Å². The van der Waals surface area contributed by atoms with E-state index in [4.69, 9.17) is 27.9 Å². The smallest absolute Gasteiger partial charge is 0.338 e. The van der Waals surface area contributed by atoms with E-state index in [9.17, 15) is 22.8 Å². The lowest BCUT2D eigenvalue weighted by molar-refractivity contribution is -0.120. The van der Waals surface area contributed by atoms with Crippen molar-refractivity contribution >= 4 is 68.2 Å². The van der Waals surface area contributed by atoms with Gasteiger partial charge in [-0.3, -0.25) is 14.3 Å². The number of ether oxygens (including phenoxy) is 1. The molecule has 0 saturated heterocycles. The van der Waals surface area contributed by atoms with Gasteiger partial charge in [0.25, 0.3) is 21.8 Å². The van der Waals surface area contributed by atoms with E-state index in [1.807, 2.05) is 6.92 Å². The second-order valence-corrected chi connectivity index (χ2v) is 10.3. The van der Waals surface area contributed by atoms with Crippen LogP contribution in [0.25, 0.3) is 0 Å². The van der Waals surface area contributed by atoms with E-state index >= 15 is 0 Å². The fourth-order valence-electron chi connectivity index (χ4n) is 3.32. The summed E-state index contributed by atoms with van der Waals surface area (Å²) in [5.74, 6) is -2.14. The van der Waals surface area contributed by atoms with Gasteiger partial charge in [-0.2, -0.15) is 0 Å². The molecule has 1 aliphatic rings. The molecule has 0 spiro atoms. The average Bonchev–Trinajstić information content (AvgIpc) is 3.11. The Morgan fingerprint density at radius 1 is 1.00 bits per heavy atom. The van der Waals surface area contributed by atoms with Crippen molar-refractivity contribution < 1.29 is 27.5 Å². The molecule has 2 heterocycles. The van der Waals surface area contributed by atoms with E-state index in [-0.39, 0.29) is 44.5 Å². The summed E-state index contributed by atoms with van der Waals surface area (Å²) in [4.78, 5) is 38.8. The van der Waals surface area contributed by atoms with E-state index in [0.29, 0.717) is 12.1 Å². The van der Waals surface area contributed by atoms with Crippen LogP contribution >= 0.6 is 23.2 Å². The van der Waals surface area contributed by atoms with Crippen LogP contribution < -0.4 is 14.9 Å². The lowest BCUT2D eigenvalue weighted by Crippen LogP contribution is -2.32. The number of nitrogens with one attached hydrogen (secondary N) is 2. The number of benzene rings is 2. The third-order valence-corrected chi connectivity index (χ3v) is 7.03. The highest BCUT2D eigenvalue weighted by atomic mass is 35.5. The molecule has 11 nitrogen and oxygen atoms in total. The molecule has 38 heavy (non-hydrogen) atoms. The Kier molecular flexibility index (Phi) is 7.95. The molecule has 0 fully saturated rings. The van der Waals surface area contributed by atoms with Gasteiger partial charge in [-0.05, 0) is 61.0 Å². The zero-order chi connectivity index (χ0) is 27.4. The molecule has 3 aromatic rings. The summed E-state index contributed by atoms with van der Waals surface area (Å²) in [7, 11) is -3.99. The highest BCUT2D eigenvalue weighted by Gasteiger charge is 2.39. The Morgan fingerprint density at radius 2 is 1.74 bits per heavy atom. The van der Waals surface area contributed by atoms with E-state index in [1.54, 1.807) is 0 Å². The van der Waals surface area contributed by atoms with Crippen molar-refractivity contribution in [3.05, 3.63) is 82.1 Å². The van der Waals surface area contributed by atoms with Crippen LogP contribution in [-0.2, 0) is 24.3 Å². The number of carbonyl (C=O) groups excluding carboxylic acids is 3. The molecular weight excluding hydrogens is 557 g/mol. The average molecular weight is 576 g/mol. The summed E-state index contributed by atoms with van der Waals surface area (Å²) in [6.45, 7) is 2.09. The molecule has 1 aliphatic heterocycles. The zero-order valence-corrected chi connectivity index (χ0v) is 22.0. The van der Waals surface area contributed by atoms with Crippen molar-refractivity contribution in [2.75, 3.05) is 21.5 Å². The molecule has 0 atom stereocenters. The second kappa shape index (κ2) is 11.2. The monoisotopic (exact) mass is 575 g/mol. The number of amides is 2. The predicted molar refractivity (Wildman–Crippen MR) is 140 cm³/mol. The van der Waals surface area contributed by atoms with Crippen molar-refractivity contribution in [3.8, 4) is 0 Å². The maximum atomic E-state index is 13.1. The first-order chi connectivity index (χ1) is 18.1. The summed E-state index contributed by atoms with van der Waals surface area (Å²) in [5.41, 5.74) is 0.395. The summed E-state index contributed by atoms with van der Waals surface area (Å²) in [6.07, 6.45) is 0.642. The number of aromatic nitrogens is 2. The Balaban J connectivity index is 1.50. The van der Waals surface area contributed by atoms with Crippen LogP contribution in [0.5, 0.6) is 0 Å². The van der Waals surface area contributed by atoms with Gasteiger partial charge in [0, 0.05) is 5.69 Å². The number of hydrogen-bond donors (Lipinski definition) is 2. The van der Waals surface area contributed by atoms with Gasteiger partial charge in [0.15, 0.2) is 11.0 Å². The number of imide groups is 1. The Bertz CT molecular complexity index is 1540. The predicted octanol–water partition coefficient (Wildman–Crippen LogP) is 3.93. The van der Waals surface area contributed by atoms with Crippen molar-refractivity contribution in [2.45, 2.75) is 18.2 Å². The quantitative estimate of drug-likeness (QED) is 0.286. The topological polar surface area (TPSA) is 148 Å². The van der Waals surface area contributed by atoms with Crippen molar-refractivity contribution in [2.24, 2.45) is 0 Å². The molecule has 0 saturated carbocycles. The van der Waals surface area contributed by atoms with Crippen molar-refractivity contribution in [1.29, 1.82) is 0 Å². The first kappa shape index (κ1) is 27.0. The Morgan fingerprint density at radius 3 is 2.39 bits per heavy atom. The first-order valence-electron chi connectivity index (χ1n) is 11.1. The second-order valence-electron chi connectivity index (χ2n) is 7.82. The Labute approximate surface area is 227 Å². The number of hydrogen-bond acceptors (Lipinski definition) is 9. The van der Waals surface area contributed by atoms with Gasteiger partial charge in [0.2, 0.25) is 0 Å². The van der Waals surface area contributed by atoms with Crippen LogP contribution in [0.4, 0.5) is 17.2 Å². The third-order valence-electron chi connectivity index (χ3n) is 5.11. The van der Waals surface area contributed by atoms with Gasteiger partial charge in [-0.15, -0.1) is 10.2 Å². The summed E-state index contributed by atoms with van der Waals surface area (Å²) in [5, 5.41) is 9.73. The number of nitrogens with zero attached hydrogens (tertiary/aromatic N) is 3. The summed E-state index contributed by atoms with van der Waals surface area (Å²) in [6, 6.07) is 14.0. The van der Waals surface area contributed by atoms with Crippen LogP contribution in [-0.4, -0.2) is 43.0 Å². The molecule has 14 heteroatoms. The third kappa shape index (κ3) is 5.77. The van der Waals surface area contributed by atoms with Gasteiger partial charge in [0.1, 0.15) is 10.7 Å². The van der Waals surface area contributed by atoms with Gasteiger partial charge >= 0.3 is 5.97 Å². The molecule has 4 rings (SSSR count). The van der Waals surface area contributed by atoms with Gasteiger partial charge in [0.05, 0.1) is 22.8 Å². The minimum Gasteiger partial charge on any atom is -0.462 e. The summed E-state index contributed by atoms with van der Waals surface area (Å²) < 4.78 is 32.6. The molecule has 0 radical (unpaired) electrons. The SMILES string of the molecule is CCCOC(=O)c1cccc(N2C(=O)C(Cl)=C(Nc3ccc(S(=O)(=O)Nc4ccc(Cl)nn4)cc3)C2=O)c1. The zero-order valence-electron chi connectivity index (χ0n) is 19.6. The maximum absolute atomic E-state index is 13.1. The van der Waals surface area contributed by atoms with Crippen LogP contribution in [0.1, 0.15) is 23.7 Å². The molecule has 1 aromatic heterocycles. The fraction of sp³-hybridized carbons (Fsp3) is 0.125. The van der Waals surface area contributed by atoms with Crippen LogP contribution in [0.2, 0.25) is 5.15 Å². The summed E-state index contributed by atoms with van der Waals surface area (Å²) >= 11 is 11.8. The molecule has 196 valence electrons. The van der Waals surface area contributed by atoms with Crippen molar-refractivity contribution in [1.82, 2.24) is 10.2 Å². The molecule has 2 aromatic carbocycles. The standard InChI is InChI=1S/C24H19Cl2N5O6S/c1-2-12-37-24(34)14-4-3-5-16(13-14)31-22(32)20(26)21(23(31)33)27-15-6-8-17(9-7-15)38(35,36)30-19-11-10-18(25)28-29-19/h3-11,13,27H,2,12H2,1H3,(H,29,30). The number of esters is 1. The van der Waals surface area contributed by atoms with E-state index in [0.717, 1.165) is 4.90 Å². The highest BCUT2D eigenvalue weighted by molar-refractivity contribution is 7.92. The van der Waals surface area contributed by atoms with Crippen molar-refractivity contribution in [3.63, 3.8) is 0 Å². The normalized spacial score (nSPS) is 13.6. The molecule has 0 unspecified atom stereocenters. The molecule has 2 N–H and O–H groups in total. The molecular formula is C24H19Cl2N5O6S. The number of carbonyl (C=O) groups is 3. The molecule has 0 bridgehead atoms.